The minimum Gasteiger partial charge on any atom is -0.480 e. The smallest absolute Gasteiger partial charge is 0.320 e. The molecule has 0 unspecified atom stereocenters. The Morgan fingerprint density at radius 1 is 1.23 bits per heavy atom. The summed E-state index contributed by atoms with van der Waals surface area (Å²) in [4.78, 5) is 30.8. The first kappa shape index (κ1) is 16.5. The van der Waals surface area contributed by atoms with Gasteiger partial charge in [0.15, 0.2) is 5.78 Å². The summed E-state index contributed by atoms with van der Waals surface area (Å²) in [5.74, 6) is -0.660. The summed E-state index contributed by atoms with van der Waals surface area (Å²) in [6.07, 6.45) is 5.74. The Kier molecular flexibility index (Phi) is 4.05. The van der Waals surface area contributed by atoms with Crippen LogP contribution >= 0.6 is 0 Å². The molecule has 1 aromatic carbocycles. The maximum absolute atomic E-state index is 12.4. The summed E-state index contributed by atoms with van der Waals surface area (Å²) in [6, 6.07) is 8.65. The van der Waals surface area contributed by atoms with E-state index in [0.29, 0.717) is 11.2 Å². The second-order valence-corrected chi connectivity index (χ2v) is 6.81. The van der Waals surface area contributed by atoms with E-state index in [1.54, 1.807) is 12.4 Å². The van der Waals surface area contributed by atoms with Crippen LogP contribution in [0.2, 0.25) is 0 Å². The highest BCUT2D eigenvalue weighted by Crippen LogP contribution is 2.35. The van der Waals surface area contributed by atoms with Gasteiger partial charge in [-0.2, -0.15) is 0 Å². The number of fused-ring (bicyclic) bond motifs is 1. The number of hydrogen-bond donors (Lipinski definition) is 3. The zero-order chi connectivity index (χ0) is 18.3. The van der Waals surface area contributed by atoms with E-state index < -0.39 is 12.0 Å². The van der Waals surface area contributed by atoms with Crippen LogP contribution in [0.25, 0.3) is 22.2 Å². The van der Waals surface area contributed by atoms with Crippen molar-refractivity contribution in [1.82, 2.24) is 9.97 Å². The minimum absolute atomic E-state index is 0.162. The van der Waals surface area contributed by atoms with Crippen LogP contribution in [-0.2, 0) is 11.2 Å². The van der Waals surface area contributed by atoms with Gasteiger partial charge in [0.25, 0.3) is 0 Å². The van der Waals surface area contributed by atoms with Crippen molar-refractivity contribution in [2.75, 3.05) is 0 Å². The highest BCUT2D eigenvalue weighted by Gasteiger charge is 2.31. The number of carboxylic acid groups (broad SMARTS) is 1. The molecule has 4 N–H and O–H groups in total. The summed E-state index contributed by atoms with van der Waals surface area (Å²) in [7, 11) is 0. The van der Waals surface area contributed by atoms with Gasteiger partial charge < -0.3 is 15.8 Å². The van der Waals surface area contributed by atoms with Crippen LogP contribution < -0.4 is 5.73 Å². The fourth-order valence-electron chi connectivity index (χ4n) is 3.11. The number of aliphatic carboxylic acids is 1. The molecule has 3 aromatic rings. The van der Waals surface area contributed by atoms with Gasteiger partial charge in [0, 0.05) is 34.8 Å². The standard InChI is InChI=1S/C20H19N3O3/c21-17(20(25)26)7-11-1-3-12(4-2-11)14-8-15-16(18(24)13-5-6-13)10-23-19(15)22-9-14/h1-4,8-10,13,17H,5-7,21H2,(H,22,23)(H,25,26)/t17-/m0/s1. The molecule has 1 saturated carbocycles. The molecule has 0 aliphatic heterocycles. The van der Waals surface area contributed by atoms with E-state index in [-0.39, 0.29) is 18.1 Å². The van der Waals surface area contributed by atoms with Crippen molar-refractivity contribution < 1.29 is 14.7 Å². The first-order chi connectivity index (χ1) is 12.5. The highest BCUT2D eigenvalue weighted by molar-refractivity contribution is 6.09. The first-order valence-electron chi connectivity index (χ1n) is 8.62. The molecule has 0 bridgehead atoms. The fraction of sp³-hybridized carbons (Fsp3) is 0.250. The van der Waals surface area contributed by atoms with Gasteiger partial charge in [-0.25, -0.2) is 4.98 Å². The van der Waals surface area contributed by atoms with Crippen molar-refractivity contribution in [3.8, 4) is 11.1 Å². The van der Waals surface area contributed by atoms with Crippen molar-refractivity contribution in [3.63, 3.8) is 0 Å². The lowest BCUT2D eigenvalue weighted by molar-refractivity contribution is -0.138. The molecule has 2 heterocycles. The summed E-state index contributed by atoms with van der Waals surface area (Å²) < 4.78 is 0. The van der Waals surface area contributed by atoms with E-state index in [0.717, 1.165) is 34.9 Å². The molecule has 6 heteroatoms. The number of hydrogen-bond acceptors (Lipinski definition) is 4. The zero-order valence-electron chi connectivity index (χ0n) is 14.1. The third-order valence-corrected chi connectivity index (χ3v) is 4.80. The van der Waals surface area contributed by atoms with Crippen LogP contribution in [-0.4, -0.2) is 32.9 Å². The van der Waals surface area contributed by atoms with Gasteiger partial charge in [-0.05, 0) is 36.5 Å². The van der Waals surface area contributed by atoms with Crippen LogP contribution in [0.3, 0.4) is 0 Å². The van der Waals surface area contributed by atoms with E-state index in [2.05, 4.69) is 9.97 Å². The van der Waals surface area contributed by atoms with Gasteiger partial charge in [0.1, 0.15) is 11.7 Å². The van der Waals surface area contributed by atoms with Gasteiger partial charge in [-0.1, -0.05) is 24.3 Å². The number of pyridine rings is 1. The van der Waals surface area contributed by atoms with Crippen LogP contribution in [0.5, 0.6) is 0 Å². The number of benzene rings is 1. The summed E-state index contributed by atoms with van der Waals surface area (Å²) in [5, 5.41) is 9.75. The van der Waals surface area contributed by atoms with Crippen molar-refractivity contribution in [1.29, 1.82) is 0 Å². The predicted molar refractivity (Wildman–Crippen MR) is 97.9 cm³/mol. The summed E-state index contributed by atoms with van der Waals surface area (Å²) in [5.41, 5.74) is 9.73. The second-order valence-electron chi connectivity index (χ2n) is 6.81. The molecule has 1 atom stereocenters. The molecule has 0 spiro atoms. The number of ketones is 1. The molecule has 2 aromatic heterocycles. The largest absolute Gasteiger partial charge is 0.480 e. The number of aromatic amines is 1. The van der Waals surface area contributed by atoms with Gasteiger partial charge >= 0.3 is 5.97 Å². The van der Waals surface area contributed by atoms with E-state index in [1.807, 2.05) is 30.3 Å². The Balaban J connectivity index is 1.63. The number of Topliss-reactive ketones (excluding diaryl/α,β-unsaturated/α-hetero) is 1. The summed E-state index contributed by atoms with van der Waals surface area (Å²) >= 11 is 0. The van der Waals surface area contributed by atoms with Crippen LogP contribution in [0.15, 0.2) is 42.7 Å². The number of carboxylic acids is 1. The van der Waals surface area contributed by atoms with E-state index in [1.165, 1.54) is 0 Å². The first-order valence-corrected chi connectivity index (χ1v) is 8.62. The lowest BCUT2D eigenvalue weighted by Crippen LogP contribution is -2.32. The molecule has 6 nitrogen and oxygen atoms in total. The molecule has 4 rings (SSSR count). The number of carbonyl (C=O) groups is 2. The van der Waals surface area contributed by atoms with Crippen LogP contribution in [0, 0.1) is 5.92 Å². The lowest BCUT2D eigenvalue weighted by Gasteiger charge is -2.08. The molecule has 1 aliphatic rings. The quantitative estimate of drug-likeness (QED) is 0.593. The number of nitrogens with two attached hydrogens (primary N) is 1. The number of nitrogens with zero attached hydrogens (tertiary/aromatic N) is 1. The molecule has 1 fully saturated rings. The Bertz CT molecular complexity index is 987. The fourth-order valence-corrected chi connectivity index (χ4v) is 3.11. The monoisotopic (exact) mass is 349 g/mol. The van der Waals surface area contributed by atoms with Crippen molar-refractivity contribution in [2.45, 2.75) is 25.3 Å². The topological polar surface area (TPSA) is 109 Å². The molecule has 1 aliphatic carbocycles. The highest BCUT2D eigenvalue weighted by atomic mass is 16.4. The SMILES string of the molecule is N[C@@H](Cc1ccc(-c2cnc3[nH]cc(C(=O)C4CC4)c3c2)cc1)C(=O)O. The molecular formula is C20H19N3O3. The molecule has 132 valence electrons. The predicted octanol–water partition coefficient (Wildman–Crippen LogP) is 2.78. The van der Waals surface area contributed by atoms with Crippen LogP contribution in [0.1, 0.15) is 28.8 Å². The van der Waals surface area contributed by atoms with E-state index >= 15 is 0 Å². The Labute approximate surface area is 150 Å². The molecule has 0 saturated heterocycles. The Morgan fingerprint density at radius 2 is 1.96 bits per heavy atom. The number of carbonyl (C=O) groups excluding carboxylic acids is 1. The van der Waals surface area contributed by atoms with Crippen molar-refractivity contribution >= 4 is 22.8 Å². The number of rotatable bonds is 6. The van der Waals surface area contributed by atoms with E-state index in [4.69, 9.17) is 10.8 Å². The number of H-pyrrole nitrogens is 1. The third-order valence-electron chi connectivity index (χ3n) is 4.80. The Morgan fingerprint density at radius 3 is 2.62 bits per heavy atom. The second kappa shape index (κ2) is 6.38. The summed E-state index contributed by atoms with van der Waals surface area (Å²) in [6.45, 7) is 0. The normalized spacial score (nSPS) is 15.1. The molecule has 26 heavy (non-hydrogen) atoms. The van der Waals surface area contributed by atoms with Crippen LogP contribution in [0.4, 0.5) is 0 Å². The average molecular weight is 349 g/mol. The van der Waals surface area contributed by atoms with Crippen molar-refractivity contribution in [2.24, 2.45) is 11.7 Å². The van der Waals surface area contributed by atoms with Gasteiger partial charge in [-0.15, -0.1) is 0 Å². The van der Waals surface area contributed by atoms with Gasteiger partial charge in [-0.3, -0.25) is 9.59 Å². The van der Waals surface area contributed by atoms with E-state index in [9.17, 15) is 9.59 Å². The number of aromatic nitrogens is 2. The molecule has 0 amide bonds. The molecular weight excluding hydrogens is 330 g/mol. The Hall–Kier alpha value is -2.99. The van der Waals surface area contributed by atoms with Gasteiger partial charge in [0.05, 0.1) is 0 Å². The molecule has 0 radical (unpaired) electrons. The minimum atomic E-state index is -1.01. The maximum atomic E-state index is 12.4. The van der Waals surface area contributed by atoms with Crippen molar-refractivity contribution in [3.05, 3.63) is 53.9 Å². The average Bonchev–Trinajstić information content (AvgIpc) is 3.41. The van der Waals surface area contributed by atoms with Gasteiger partial charge in [0.2, 0.25) is 0 Å². The third kappa shape index (κ3) is 3.11. The number of nitrogens with one attached hydrogen (secondary N) is 1. The zero-order valence-corrected chi connectivity index (χ0v) is 14.1. The lowest BCUT2D eigenvalue weighted by atomic mass is 10.00. The maximum Gasteiger partial charge on any atom is 0.320 e.